The molecule has 0 N–H and O–H groups in total. The molecule has 2 rings (SSSR count). The van der Waals surface area contributed by atoms with Gasteiger partial charge in [-0.15, -0.1) is 11.3 Å². The van der Waals surface area contributed by atoms with Crippen LogP contribution in [0.5, 0.6) is 0 Å². The summed E-state index contributed by atoms with van der Waals surface area (Å²) in [6, 6.07) is 7.15. The van der Waals surface area contributed by atoms with Crippen LogP contribution in [0.2, 0.25) is 0 Å². The molecule has 0 unspecified atom stereocenters. The van der Waals surface area contributed by atoms with E-state index in [9.17, 15) is 4.79 Å². The molecule has 0 saturated heterocycles. The first-order valence-electron chi connectivity index (χ1n) is 3.86. The predicted molar refractivity (Wildman–Crippen MR) is 52.0 cm³/mol. The number of rotatable bonds is 2. The zero-order chi connectivity index (χ0) is 9.10. The van der Waals surface area contributed by atoms with E-state index >= 15 is 0 Å². The second kappa shape index (κ2) is 3.49. The summed E-state index contributed by atoms with van der Waals surface area (Å²) >= 11 is 1.46. The van der Waals surface area contributed by atoms with E-state index in [0.717, 1.165) is 4.88 Å². The predicted octanol–water partition coefficient (Wildman–Crippen LogP) is 2.37. The zero-order valence-electron chi connectivity index (χ0n) is 6.81. The van der Waals surface area contributed by atoms with Gasteiger partial charge in [0.1, 0.15) is 0 Å². The first-order valence-corrected chi connectivity index (χ1v) is 4.74. The number of nitrogens with zero attached hydrogens (tertiary/aromatic N) is 1. The van der Waals surface area contributed by atoms with Gasteiger partial charge in [-0.05, 0) is 23.6 Å². The molecule has 0 spiro atoms. The summed E-state index contributed by atoms with van der Waals surface area (Å²) in [5.74, 6) is 0.0670. The van der Waals surface area contributed by atoms with Crippen LogP contribution < -0.4 is 0 Å². The third-order valence-electron chi connectivity index (χ3n) is 1.69. The van der Waals surface area contributed by atoms with Gasteiger partial charge in [0, 0.05) is 18.0 Å². The Balaban J connectivity index is 2.34. The lowest BCUT2D eigenvalue weighted by molar-refractivity contribution is 0.104. The molecule has 0 bridgehead atoms. The highest BCUT2D eigenvalue weighted by molar-refractivity contribution is 7.12. The maximum atomic E-state index is 11.7. The Morgan fingerprint density at radius 2 is 2.00 bits per heavy atom. The number of hydrogen-bond donors (Lipinski definition) is 0. The fraction of sp³-hybridized carbons (Fsp3) is 0. The fourth-order valence-corrected chi connectivity index (χ4v) is 1.74. The van der Waals surface area contributed by atoms with Crippen molar-refractivity contribution in [3.63, 3.8) is 0 Å². The first kappa shape index (κ1) is 8.13. The topological polar surface area (TPSA) is 30.0 Å². The van der Waals surface area contributed by atoms with Crippen LogP contribution in [0.25, 0.3) is 0 Å². The van der Waals surface area contributed by atoms with Gasteiger partial charge in [0.15, 0.2) is 0 Å². The molecule has 0 aromatic carbocycles. The lowest BCUT2D eigenvalue weighted by Crippen LogP contribution is -1.97. The Bertz CT molecular complexity index is 394. The highest BCUT2D eigenvalue weighted by Gasteiger charge is 2.08. The van der Waals surface area contributed by atoms with Gasteiger partial charge < -0.3 is 0 Å². The Kier molecular flexibility index (Phi) is 2.19. The maximum absolute atomic E-state index is 11.7. The van der Waals surface area contributed by atoms with E-state index in [1.54, 1.807) is 24.5 Å². The summed E-state index contributed by atoms with van der Waals surface area (Å²) in [6.07, 6.45) is 3.25. The van der Waals surface area contributed by atoms with Gasteiger partial charge in [-0.2, -0.15) is 0 Å². The maximum Gasteiger partial charge on any atom is 0.203 e. The summed E-state index contributed by atoms with van der Waals surface area (Å²) in [5.41, 5.74) is 0.692. The van der Waals surface area contributed by atoms with Gasteiger partial charge in [0.2, 0.25) is 5.78 Å². The Morgan fingerprint density at radius 1 is 1.23 bits per heavy atom. The van der Waals surface area contributed by atoms with Crippen LogP contribution in [0.4, 0.5) is 0 Å². The van der Waals surface area contributed by atoms with Crippen LogP contribution in [0, 0.1) is 0 Å². The van der Waals surface area contributed by atoms with Crippen LogP contribution in [0.3, 0.4) is 0 Å². The van der Waals surface area contributed by atoms with E-state index in [0.29, 0.717) is 5.56 Å². The van der Waals surface area contributed by atoms with Crippen molar-refractivity contribution in [3.8, 4) is 0 Å². The summed E-state index contributed by atoms with van der Waals surface area (Å²) < 4.78 is 0. The summed E-state index contributed by atoms with van der Waals surface area (Å²) in [6.45, 7) is 0. The third-order valence-corrected chi connectivity index (χ3v) is 2.56. The molecule has 64 valence electrons. The van der Waals surface area contributed by atoms with Crippen molar-refractivity contribution in [2.45, 2.75) is 0 Å². The van der Waals surface area contributed by atoms with Gasteiger partial charge in [-0.25, -0.2) is 0 Å². The van der Waals surface area contributed by atoms with Crippen molar-refractivity contribution in [2.24, 2.45) is 0 Å². The molecule has 0 atom stereocenters. The van der Waals surface area contributed by atoms with Crippen LogP contribution in [-0.4, -0.2) is 10.8 Å². The second-order valence-corrected chi connectivity index (χ2v) is 3.49. The van der Waals surface area contributed by atoms with Crippen LogP contribution in [0.15, 0.2) is 42.0 Å². The largest absolute Gasteiger partial charge is 0.288 e. The van der Waals surface area contributed by atoms with Crippen molar-refractivity contribution in [3.05, 3.63) is 52.5 Å². The Hall–Kier alpha value is -1.48. The Labute approximate surface area is 79.9 Å². The van der Waals surface area contributed by atoms with Crippen molar-refractivity contribution in [2.75, 3.05) is 0 Å². The minimum Gasteiger partial charge on any atom is -0.288 e. The van der Waals surface area contributed by atoms with Gasteiger partial charge in [-0.3, -0.25) is 9.78 Å². The first-order chi connectivity index (χ1) is 6.38. The van der Waals surface area contributed by atoms with E-state index in [2.05, 4.69) is 4.98 Å². The molecular formula is C10H7NOS. The molecule has 2 aromatic heterocycles. The molecule has 0 aliphatic carbocycles. The molecule has 0 aliphatic heterocycles. The highest BCUT2D eigenvalue weighted by atomic mass is 32.1. The lowest BCUT2D eigenvalue weighted by atomic mass is 10.1. The normalized spacial score (nSPS) is 9.85. The molecule has 0 radical (unpaired) electrons. The quantitative estimate of drug-likeness (QED) is 0.679. The molecule has 0 amide bonds. The SMILES string of the molecule is O=C(c1ccncc1)c1cccs1. The average molecular weight is 189 g/mol. The van der Waals surface area contributed by atoms with E-state index in [1.807, 2.05) is 17.5 Å². The number of ketones is 1. The van der Waals surface area contributed by atoms with Crippen LogP contribution >= 0.6 is 11.3 Å². The van der Waals surface area contributed by atoms with Crippen molar-refractivity contribution in [1.82, 2.24) is 4.98 Å². The minimum absolute atomic E-state index is 0.0670. The number of thiophene rings is 1. The monoisotopic (exact) mass is 189 g/mol. The number of carbonyl (C=O) groups is 1. The number of aromatic nitrogens is 1. The molecule has 2 nitrogen and oxygen atoms in total. The van der Waals surface area contributed by atoms with Gasteiger partial charge >= 0.3 is 0 Å². The van der Waals surface area contributed by atoms with E-state index in [1.165, 1.54) is 11.3 Å². The molecule has 0 saturated carbocycles. The van der Waals surface area contributed by atoms with Crippen LogP contribution in [-0.2, 0) is 0 Å². The second-order valence-electron chi connectivity index (χ2n) is 2.54. The fourth-order valence-electron chi connectivity index (χ4n) is 1.05. The third kappa shape index (κ3) is 1.65. The van der Waals surface area contributed by atoms with E-state index in [-0.39, 0.29) is 5.78 Å². The number of pyridine rings is 1. The average Bonchev–Trinajstić information content (AvgIpc) is 2.71. The van der Waals surface area contributed by atoms with E-state index < -0.39 is 0 Å². The summed E-state index contributed by atoms with van der Waals surface area (Å²) in [4.78, 5) is 16.3. The van der Waals surface area contributed by atoms with Crippen LogP contribution in [0.1, 0.15) is 15.2 Å². The number of carbonyl (C=O) groups excluding carboxylic acids is 1. The molecule has 0 aliphatic rings. The zero-order valence-corrected chi connectivity index (χ0v) is 7.62. The molecule has 0 fully saturated rings. The molecule has 2 aromatic rings. The van der Waals surface area contributed by atoms with Gasteiger partial charge in [0.05, 0.1) is 4.88 Å². The molecular weight excluding hydrogens is 182 g/mol. The molecule has 13 heavy (non-hydrogen) atoms. The highest BCUT2D eigenvalue weighted by Crippen LogP contribution is 2.13. The van der Waals surface area contributed by atoms with Gasteiger partial charge in [-0.1, -0.05) is 6.07 Å². The minimum atomic E-state index is 0.0670. The van der Waals surface area contributed by atoms with Crippen molar-refractivity contribution in [1.29, 1.82) is 0 Å². The smallest absolute Gasteiger partial charge is 0.203 e. The summed E-state index contributed by atoms with van der Waals surface area (Å²) in [7, 11) is 0. The Morgan fingerprint density at radius 3 is 2.62 bits per heavy atom. The summed E-state index contributed by atoms with van der Waals surface area (Å²) in [5, 5.41) is 1.90. The number of hydrogen-bond acceptors (Lipinski definition) is 3. The molecule has 2 heterocycles. The van der Waals surface area contributed by atoms with Gasteiger partial charge in [0.25, 0.3) is 0 Å². The van der Waals surface area contributed by atoms with Crippen molar-refractivity contribution < 1.29 is 4.79 Å². The van der Waals surface area contributed by atoms with Crippen molar-refractivity contribution >= 4 is 17.1 Å². The molecule has 3 heteroatoms. The van der Waals surface area contributed by atoms with E-state index in [4.69, 9.17) is 0 Å². The lowest BCUT2D eigenvalue weighted by Gasteiger charge is -1.95. The standard InChI is InChI=1S/C10H7NOS/c12-10(9-2-1-7-13-9)8-3-5-11-6-4-8/h1-7H.